The van der Waals surface area contributed by atoms with Crippen molar-refractivity contribution in [2.75, 3.05) is 18.4 Å². The number of carbonyl (C=O) groups excluding carboxylic acids is 1. The summed E-state index contributed by atoms with van der Waals surface area (Å²) in [6.45, 7) is 8.83. The molecule has 0 heterocycles. The van der Waals surface area contributed by atoms with Crippen LogP contribution in [0.25, 0.3) is 0 Å². The van der Waals surface area contributed by atoms with Crippen molar-refractivity contribution in [2.24, 2.45) is 5.92 Å². The lowest BCUT2D eigenvalue weighted by Gasteiger charge is -2.31. The quantitative estimate of drug-likeness (QED) is 0.160. The number of aliphatic hydroxyl groups is 1. The maximum Gasteiger partial charge on any atom is 0.407 e. The number of nitro benzene ring substituents is 1. The minimum absolute atomic E-state index is 0.0542. The Kier molecular flexibility index (Phi) is 11.9. The Morgan fingerprint density at radius 1 is 0.977 bits per heavy atom. The Morgan fingerprint density at radius 2 is 1.57 bits per heavy atom. The number of ether oxygens (including phenoxy) is 1. The summed E-state index contributed by atoms with van der Waals surface area (Å²) in [5.74, 6) is -0.114. The van der Waals surface area contributed by atoms with Crippen molar-refractivity contribution >= 4 is 27.5 Å². The van der Waals surface area contributed by atoms with E-state index in [-0.39, 0.29) is 48.2 Å². The summed E-state index contributed by atoms with van der Waals surface area (Å²) in [6.07, 6.45) is -1.83. The van der Waals surface area contributed by atoms with E-state index in [0.29, 0.717) is 0 Å². The van der Waals surface area contributed by atoms with Crippen molar-refractivity contribution in [3.05, 3.63) is 100 Å². The zero-order valence-corrected chi connectivity index (χ0v) is 26.6. The maximum absolute atomic E-state index is 14.0. The number of hydrogen-bond donors (Lipinski definition) is 3. The van der Waals surface area contributed by atoms with Gasteiger partial charge in [-0.2, -0.15) is 4.31 Å². The molecule has 3 aromatic rings. The molecule has 3 N–H and O–H groups in total. The molecule has 0 saturated carbocycles. The lowest BCUT2D eigenvalue weighted by molar-refractivity contribution is -0.384. The zero-order chi connectivity index (χ0) is 32.5. The summed E-state index contributed by atoms with van der Waals surface area (Å²) in [4.78, 5) is 23.7. The SMILES string of the molecule is CC(C)CN(C[C@@H](O)[C@H](Cc1ccccc1)NC(=O)OC(C)(C)C)S(=O)(=O)c1ccc([N+](=O)[O-])c(NCc2ccccc2)c1. The second-order valence-corrected chi connectivity index (χ2v) is 13.9. The zero-order valence-electron chi connectivity index (χ0n) is 25.8. The first-order chi connectivity index (χ1) is 20.7. The van der Waals surface area contributed by atoms with Crippen molar-refractivity contribution < 1.29 is 28.0 Å². The van der Waals surface area contributed by atoms with Crippen molar-refractivity contribution in [1.82, 2.24) is 9.62 Å². The van der Waals surface area contributed by atoms with Gasteiger partial charge in [0, 0.05) is 25.7 Å². The number of carbonyl (C=O) groups is 1. The highest BCUT2D eigenvalue weighted by molar-refractivity contribution is 7.89. The van der Waals surface area contributed by atoms with Crippen LogP contribution in [0.2, 0.25) is 0 Å². The van der Waals surface area contributed by atoms with Gasteiger partial charge in [0.1, 0.15) is 11.3 Å². The van der Waals surface area contributed by atoms with Crippen LogP contribution in [0.4, 0.5) is 16.2 Å². The standard InChI is InChI=1S/C32H42N4O7S/c1-23(2)21-35(22-30(37)28(18-24-12-8-6-9-13-24)34-31(38)43-32(3,4)5)44(41,42)26-16-17-29(36(39)40)27(19-26)33-20-25-14-10-7-11-15-25/h6-17,19,23,28,30,33,37H,18,20-22H2,1-5H3,(H,34,38)/t28-,30+/m0/s1. The fourth-order valence-corrected chi connectivity index (χ4v) is 6.19. The van der Waals surface area contributed by atoms with E-state index in [0.717, 1.165) is 21.5 Å². The summed E-state index contributed by atoms with van der Waals surface area (Å²) in [6, 6.07) is 21.2. The Labute approximate surface area is 259 Å². The van der Waals surface area contributed by atoms with Crippen molar-refractivity contribution in [3.63, 3.8) is 0 Å². The van der Waals surface area contributed by atoms with Crippen LogP contribution in [0.3, 0.4) is 0 Å². The van der Waals surface area contributed by atoms with Gasteiger partial charge in [0.2, 0.25) is 10.0 Å². The molecule has 2 atom stereocenters. The normalized spacial score (nSPS) is 13.4. The summed E-state index contributed by atoms with van der Waals surface area (Å²) in [5, 5.41) is 28.9. The fourth-order valence-electron chi connectivity index (χ4n) is 4.54. The minimum Gasteiger partial charge on any atom is -0.444 e. The van der Waals surface area contributed by atoms with Crippen LogP contribution in [-0.4, -0.2) is 59.7 Å². The maximum atomic E-state index is 14.0. The summed E-state index contributed by atoms with van der Waals surface area (Å²) < 4.78 is 34.6. The number of hydrogen-bond acceptors (Lipinski definition) is 8. The van der Waals surface area contributed by atoms with Crippen LogP contribution < -0.4 is 10.6 Å². The molecule has 12 heteroatoms. The number of nitrogens with one attached hydrogen (secondary N) is 2. The van der Waals surface area contributed by atoms with Gasteiger partial charge < -0.3 is 20.5 Å². The molecule has 238 valence electrons. The first-order valence-corrected chi connectivity index (χ1v) is 15.9. The van der Waals surface area contributed by atoms with Gasteiger partial charge in [0.25, 0.3) is 5.69 Å². The predicted molar refractivity (Wildman–Crippen MR) is 170 cm³/mol. The number of anilines is 1. The number of alkyl carbamates (subject to hydrolysis) is 1. The molecule has 0 fully saturated rings. The summed E-state index contributed by atoms with van der Waals surface area (Å²) >= 11 is 0. The first-order valence-electron chi connectivity index (χ1n) is 14.4. The summed E-state index contributed by atoms with van der Waals surface area (Å²) in [7, 11) is -4.24. The van der Waals surface area contributed by atoms with E-state index >= 15 is 0 Å². The lowest BCUT2D eigenvalue weighted by atomic mass is 10.0. The van der Waals surface area contributed by atoms with Crippen LogP contribution in [0.5, 0.6) is 0 Å². The molecule has 0 spiro atoms. The third kappa shape index (κ3) is 10.3. The highest BCUT2D eigenvalue weighted by Gasteiger charge is 2.33. The van der Waals surface area contributed by atoms with Crippen molar-refractivity contribution in [3.8, 4) is 0 Å². The highest BCUT2D eigenvalue weighted by Crippen LogP contribution is 2.30. The second kappa shape index (κ2) is 15.1. The first kappa shape index (κ1) is 34.5. The third-order valence-electron chi connectivity index (χ3n) is 6.55. The molecule has 0 unspecified atom stereocenters. The molecule has 0 saturated heterocycles. The Balaban J connectivity index is 1.92. The molecule has 0 aliphatic heterocycles. The fraction of sp³-hybridized carbons (Fsp3) is 0.406. The number of benzene rings is 3. The molecule has 11 nitrogen and oxygen atoms in total. The van der Waals surface area contributed by atoms with E-state index in [1.807, 2.05) is 74.5 Å². The van der Waals surface area contributed by atoms with Crippen molar-refractivity contribution in [2.45, 2.75) is 70.2 Å². The van der Waals surface area contributed by atoms with E-state index < -0.39 is 38.8 Å². The monoisotopic (exact) mass is 626 g/mol. The number of aliphatic hydroxyl groups excluding tert-OH is 1. The Bertz CT molecular complexity index is 1490. The van der Waals surface area contributed by atoms with Crippen LogP contribution in [0.1, 0.15) is 45.7 Å². The van der Waals surface area contributed by atoms with Crippen molar-refractivity contribution in [1.29, 1.82) is 0 Å². The van der Waals surface area contributed by atoms with E-state index in [2.05, 4.69) is 10.6 Å². The molecule has 0 aliphatic rings. The average molecular weight is 627 g/mol. The Hall–Kier alpha value is -4.00. The number of rotatable bonds is 14. The van der Waals surface area contributed by atoms with Gasteiger partial charge >= 0.3 is 6.09 Å². The van der Waals surface area contributed by atoms with E-state index in [1.54, 1.807) is 20.8 Å². The molecule has 0 aromatic heterocycles. The molecule has 44 heavy (non-hydrogen) atoms. The van der Waals surface area contributed by atoms with Crippen LogP contribution >= 0.6 is 0 Å². The number of amides is 1. The van der Waals surface area contributed by atoms with Gasteiger partial charge in [-0.15, -0.1) is 0 Å². The van der Waals surface area contributed by atoms with Gasteiger partial charge in [-0.3, -0.25) is 10.1 Å². The third-order valence-corrected chi connectivity index (χ3v) is 8.38. The lowest BCUT2D eigenvalue weighted by Crippen LogP contribution is -2.51. The average Bonchev–Trinajstić information content (AvgIpc) is 2.95. The van der Waals surface area contributed by atoms with E-state index in [9.17, 15) is 28.4 Å². The van der Waals surface area contributed by atoms with Gasteiger partial charge in [-0.05, 0) is 56.4 Å². The Morgan fingerprint density at radius 3 is 2.11 bits per heavy atom. The molecule has 0 aliphatic carbocycles. The molecule has 3 rings (SSSR count). The van der Waals surface area contributed by atoms with Gasteiger partial charge in [-0.1, -0.05) is 74.5 Å². The molecular weight excluding hydrogens is 584 g/mol. The number of sulfonamides is 1. The largest absolute Gasteiger partial charge is 0.444 e. The molecule has 1 amide bonds. The second-order valence-electron chi connectivity index (χ2n) is 12.0. The molecule has 0 bridgehead atoms. The van der Waals surface area contributed by atoms with Crippen LogP contribution in [0, 0.1) is 16.0 Å². The highest BCUT2D eigenvalue weighted by atomic mass is 32.2. The smallest absolute Gasteiger partial charge is 0.407 e. The summed E-state index contributed by atoms with van der Waals surface area (Å²) in [5.41, 5.74) is 0.705. The van der Waals surface area contributed by atoms with E-state index in [4.69, 9.17) is 4.74 Å². The van der Waals surface area contributed by atoms with Gasteiger partial charge in [0.05, 0.1) is 22.0 Å². The minimum atomic E-state index is -4.24. The van der Waals surface area contributed by atoms with Gasteiger partial charge in [-0.25, -0.2) is 13.2 Å². The topological polar surface area (TPSA) is 151 Å². The van der Waals surface area contributed by atoms with Gasteiger partial charge in [0.15, 0.2) is 0 Å². The number of nitrogens with zero attached hydrogens (tertiary/aromatic N) is 2. The predicted octanol–water partition coefficient (Wildman–Crippen LogP) is 5.35. The molecule has 0 radical (unpaired) electrons. The number of nitro groups is 1. The molecule has 3 aromatic carbocycles. The molecular formula is C32H42N4O7S. The van der Waals surface area contributed by atoms with Crippen LogP contribution in [-0.2, 0) is 27.7 Å². The van der Waals surface area contributed by atoms with Crippen LogP contribution in [0.15, 0.2) is 83.8 Å². The van der Waals surface area contributed by atoms with E-state index in [1.165, 1.54) is 12.1 Å².